The number of aromatic nitrogens is 3. The first-order chi connectivity index (χ1) is 19.3. The lowest BCUT2D eigenvalue weighted by Gasteiger charge is -2.31. The summed E-state index contributed by atoms with van der Waals surface area (Å²) >= 11 is 0. The molecule has 210 valence electrons. The van der Waals surface area contributed by atoms with Crippen molar-refractivity contribution in [2.75, 3.05) is 32.0 Å². The van der Waals surface area contributed by atoms with E-state index in [1.54, 1.807) is 30.8 Å². The van der Waals surface area contributed by atoms with Crippen LogP contribution in [-0.2, 0) is 0 Å². The zero-order chi connectivity index (χ0) is 28.4. The molecule has 5 rings (SSSR count). The lowest BCUT2D eigenvalue weighted by molar-refractivity contribution is 0.0692. The average molecular weight is 550 g/mol. The van der Waals surface area contributed by atoms with Gasteiger partial charge in [-0.1, -0.05) is 0 Å². The third-order valence-corrected chi connectivity index (χ3v) is 7.42. The van der Waals surface area contributed by atoms with Crippen molar-refractivity contribution in [3.05, 3.63) is 71.7 Å². The van der Waals surface area contributed by atoms with Gasteiger partial charge in [-0.3, -0.25) is 14.5 Å². The largest absolute Gasteiger partial charge is 0.472 e. The van der Waals surface area contributed by atoms with E-state index < -0.39 is 17.9 Å². The number of piperidine rings is 1. The maximum Gasteiger partial charge on any atom is 0.254 e. The summed E-state index contributed by atoms with van der Waals surface area (Å²) in [5.74, 6) is -1.36. The molecule has 4 aromatic rings. The number of imidazole rings is 1. The van der Waals surface area contributed by atoms with Crippen molar-refractivity contribution < 1.29 is 18.3 Å². The fourth-order valence-electron chi connectivity index (χ4n) is 4.94. The highest BCUT2D eigenvalue weighted by atomic mass is 19.2. The molecule has 9 nitrogen and oxygen atoms in total. The lowest BCUT2D eigenvalue weighted by Crippen LogP contribution is -2.40. The van der Waals surface area contributed by atoms with Gasteiger partial charge >= 0.3 is 0 Å². The summed E-state index contributed by atoms with van der Waals surface area (Å²) in [5, 5.41) is 6.07. The Morgan fingerprint density at radius 1 is 1.18 bits per heavy atom. The number of nitrogens with one attached hydrogen (secondary N) is 2. The molecule has 1 unspecified atom stereocenters. The number of amides is 1. The van der Waals surface area contributed by atoms with Crippen molar-refractivity contribution >= 4 is 23.1 Å². The predicted octanol–water partition coefficient (Wildman–Crippen LogP) is 4.48. The molecule has 1 saturated heterocycles. The van der Waals surface area contributed by atoms with Crippen molar-refractivity contribution in [3.63, 3.8) is 0 Å². The molecule has 0 bridgehead atoms. The van der Waals surface area contributed by atoms with Crippen molar-refractivity contribution in [2.45, 2.75) is 32.9 Å². The number of nitrogens with zero attached hydrogens (tertiary/aromatic N) is 4. The van der Waals surface area contributed by atoms with Crippen LogP contribution in [0.25, 0.3) is 16.9 Å². The molecular formula is C29H33F2N7O2. The number of ether oxygens (including phenoxy) is 1. The fraction of sp³-hybridized carbons (Fsp3) is 0.345. The van der Waals surface area contributed by atoms with E-state index in [9.17, 15) is 9.18 Å². The average Bonchev–Trinajstić information content (AvgIpc) is 3.40. The standard InChI is InChI=1S/C29H33F2N7O2/c1-17-14-20(4-5-21(17)29(39)37-11-8-19(15-32)9-12-37)36-27-28-35-16-23(38(28)13-10-34-27)22-6-7-24(26(31)25(22)30)40-18(2)33-3/h4-7,10,13-14,16,18-19,33H,8-9,11-12,15,32H2,1-3H3,(H,34,36). The Hall–Kier alpha value is -4.09. The molecule has 11 heteroatoms. The maximum absolute atomic E-state index is 15.1. The molecule has 3 heterocycles. The Kier molecular flexibility index (Phi) is 7.95. The van der Waals surface area contributed by atoms with Crippen molar-refractivity contribution in [3.8, 4) is 17.0 Å². The number of likely N-dealkylation sites (tertiary alicyclic amines) is 1. The maximum atomic E-state index is 15.1. The smallest absolute Gasteiger partial charge is 0.254 e. The quantitative estimate of drug-likeness (QED) is 0.278. The van der Waals surface area contributed by atoms with E-state index in [2.05, 4.69) is 20.6 Å². The third-order valence-electron chi connectivity index (χ3n) is 7.42. The Morgan fingerprint density at radius 3 is 2.65 bits per heavy atom. The van der Waals surface area contributed by atoms with Gasteiger partial charge in [0.15, 0.2) is 23.0 Å². The Balaban J connectivity index is 1.38. The van der Waals surface area contributed by atoms with Gasteiger partial charge in [-0.15, -0.1) is 0 Å². The minimum atomic E-state index is -1.07. The molecule has 0 radical (unpaired) electrons. The summed E-state index contributed by atoms with van der Waals surface area (Å²) in [6.45, 7) is 5.67. The first kappa shape index (κ1) is 27.5. The summed E-state index contributed by atoms with van der Waals surface area (Å²) in [6.07, 6.45) is 6.02. The van der Waals surface area contributed by atoms with Crippen LogP contribution >= 0.6 is 0 Å². The number of aryl methyl sites for hydroxylation is 1. The number of nitrogens with two attached hydrogens (primary N) is 1. The molecule has 1 aliphatic heterocycles. The van der Waals surface area contributed by atoms with E-state index in [0.29, 0.717) is 48.3 Å². The summed E-state index contributed by atoms with van der Waals surface area (Å²) in [5.41, 5.74) is 8.83. The van der Waals surface area contributed by atoms with Crippen LogP contribution in [0.2, 0.25) is 0 Å². The SMILES string of the molecule is CNC(C)Oc1ccc(-c2cnc3c(Nc4ccc(C(=O)N5CCC(CN)CC5)c(C)c4)nccn23)c(F)c1F. The van der Waals surface area contributed by atoms with Crippen LogP contribution in [-0.4, -0.2) is 58.1 Å². The molecule has 1 aliphatic rings. The molecule has 1 fully saturated rings. The summed E-state index contributed by atoms with van der Waals surface area (Å²) in [6, 6.07) is 8.37. The second kappa shape index (κ2) is 11.6. The minimum Gasteiger partial charge on any atom is -0.472 e. The van der Waals surface area contributed by atoms with Gasteiger partial charge in [0.05, 0.1) is 11.9 Å². The molecule has 4 N–H and O–H groups in total. The first-order valence-electron chi connectivity index (χ1n) is 13.3. The zero-order valence-electron chi connectivity index (χ0n) is 22.7. The van der Waals surface area contributed by atoms with Gasteiger partial charge in [0.25, 0.3) is 5.91 Å². The summed E-state index contributed by atoms with van der Waals surface area (Å²) < 4.78 is 36.9. The second-order valence-corrected chi connectivity index (χ2v) is 10.0. The van der Waals surface area contributed by atoms with Crippen molar-refractivity contribution in [1.29, 1.82) is 0 Å². The lowest BCUT2D eigenvalue weighted by atomic mass is 9.96. The van der Waals surface area contributed by atoms with Gasteiger partial charge in [0.1, 0.15) is 6.23 Å². The van der Waals surface area contributed by atoms with Gasteiger partial charge < -0.3 is 20.7 Å². The van der Waals surface area contributed by atoms with Gasteiger partial charge in [-0.2, -0.15) is 4.39 Å². The first-order valence-corrected chi connectivity index (χ1v) is 13.3. The zero-order valence-corrected chi connectivity index (χ0v) is 22.7. The molecular weight excluding hydrogens is 516 g/mol. The monoisotopic (exact) mass is 549 g/mol. The number of halogens is 2. The topological polar surface area (TPSA) is 110 Å². The third kappa shape index (κ3) is 5.34. The van der Waals surface area contributed by atoms with Crippen LogP contribution in [0.15, 0.2) is 48.9 Å². The molecule has 2 aromatic heterocycles. The number of benzene rings is 2. The van der Waals surface area contributed by atoms with Crippen molar-refractivity contribution in [2.24, 2.45) is 11.7 Å². The summed E-state index contributed by atoms with van der Waals surface area (Å²) in [7, 11) is 1.66. The molecule has 0 spiro atoms. The van der Waals surface area contributed by atoms with E-state index in [-0.39, 0.29) is 17.2 Å². The predicted molar refractivity (Wildman–Crippen MR) is 150 cm³/mol. The van der Waals surface area contributed by atoms with E-state index in [1.165, 1.54) is 18.3 Å². The Morgan fingerprint density at radius 2 is 1.95 bits per heavy atom. The normalized spacial score (nSPS) is 14.9. The molecule has 1 amide bonds. The number of fused-ring (bicyclic) bond motifs is 1. The van der Waals surface area contributed by atoms with Gasteiger partial charge in [-0.05, 0) is 82.1 Å². The highest BCUT2D eigenvalue weighted by Crippen LogP contribution is 2.32. The number of hydrogen-bond acceptors (Lipinski definition) is 7. The minimum absolute atomic E-state index is 0.0174. The second-order valence-electron chi connectivity index (χ2n) is 10.0. The van der Waals surface area contributed by atoms with Gasteiger partial charge in [-0.25, -0.2) is 14.4 Å². The van der Waals surface area contributed by atoms with E-state index >= 15 is 4.39 Å². The molecule has 0 aliphatic carbocycles. The number of hydrogen-bond donors (Lipinski definition) is 3. The van der Waals surface area contributed by atoms with Crippen LogP contribution in [0, 0.1) is 24.5 Å². The highest BCUT2D eigenvalue weighted by Gasteiger charge is 2.24. The highest BCUT2D eigenvalue weighted by molar-refractivity contribution is 5.96. The molecule has 1 atom stereocenters. The Labute approximate surface area is 231 Å². The molecule has 0 saturated carbocycles. The van der Waals surface area contributed by atoms with Crippen LogP contribution in [0.3, 0.4) is 0 Å². The number of rotatable bonds is 8. The van der Waals surface area contributed by atoms with Gasteiger partial charge in [0, 0.05) is 42.3 Å². The number of carbonyl (C=O) groups is 1. The van der Waals surface area contributed by atoms with Crippen LogP contribution in [0.5, 0.6) is 5.75 Å². The van der Waals surface area contributed by atoms with Crippen LogP contribution in [0.4, 0.5) is 20.3 Å². The van der Waals surface area contributed by atoms with E-state index in [4.69, 9.17) is 10.5 Å². The number of anilines is 2. The number of carbonyl (C=O) groups excluding carboxylic acids is 1. The fourth-order valence-corrected chi connectivity index (χ4v) is 4.94. The van der Waals surface area contributed by atoms with Crippen LogP contribution in [0.1, 0.15) is 35.7 Å². The van der Waals surface area contributed by atoms with Gasteiger partial charge in [0.2, 0.25) is 5.82 Å². The Bertz CT molecular complexity index is 1530. The molecule has 2 aromatic carbocycles. The van der Waals surface area contributed by atoms with Crippen LogP contribution < -0.4 is 21.1 Å². The molecule has 40 heavy (non-hydrogen) atoms. The van der Waals surface area contributed by atoms with E-state index in [0.717, 1.165) is 24.1 Å². The van der Waals surface area contributed by atoms with E-state index in [1.807, 2.05) is 30.0 Å². The van der Waals surface area contributed by atoms with Crippen molar-refractivity contribution in [1.82, 2.24) is 24.6 Å². The summed E-state index contributed by atoms with van der Waals surface area (Å²) in [4.78, 5) is 23.8.